The zero-order valence-electron chi connectivity index (χ0n) is 12.5. The number of ether oxygens (including phenoxy) is 2. The maximum absolute atomic E-state index is 6.26. The van der Waals surface area contributed by atoms with Gasteiger partial charge >= 0.3 is 0 Å². The summed E-state index contributed by atoms with van der Waals surface area (Å²) < 4.78 is 11.7. The number of hydrogen-bond donors (Lipinski definition) is 1. The van der Waals surface area contributed by atoms with Crippen molar-refractivity contribution in [3.8, 4) is 11.5 Å². The Morgan fingerprint density at radius 1 is 1.15 bits per heavy atom. The average Bonchev–Trinajstić information content (AvgIpc) is 2.97. The summed E-state index contributed by atoms with van der Waals surface area (Å²) in [6.07, 6.45) is 6.81. The fourth-order valence-electron chi connectivity index (χ4n) is 3.97. The largest absolute Gasteiger partial charge is 0.494 e. The summed E-state index contributed by atoms with van der Waals surface area (Å²) in [6.45, 7) is 2.70. The first kappa shape index (κ1) is 13.7. The molecule has 3 rings (SSSR count). The molecule has 2 atom stereocenters. The van der Waals surface area contributed by atoms with Crippen molar-refractivity contribution < 1.29 is 9.47 Å². The molecule has 0 aromatic heterocycles. The van der Waals surface area contributed by atoms with E-state index in [1.807, 2.05) is 31.2 Å². The van der Waals surface area contributed by atoms with Crippen LogP contribution < -0.4 is 14.8 Å². The summed E-state index contributed by atoms with van der Waals surface area (Å²) in [4.78, 5) is 0. The molecule has 1 aromatic carbocycles. The molecule has 1 spiro atoms. The van der Waals surface area contributed by atoms with E-state index in [4.69, 9.17) is 9.47 Å². The van der Waals surface area contributed by atoms with Crippen molar-refractivity contribution in [3.05, 3.63) is 24.3 Å². The number of hydrogen-bond acceptors (Lipinski definition) is 3. The first-order valence-electron chi connectivity index (χ1n) is 7.85. The van der Waals surface area contributed by atoms with Gasteiger partial charge in [0.1, 0.15) is 17.6 Å². The molecule has 2 aliphatic rings. The van der Waals surface area contributed by atoms with E-state index in [-0.39, 0.29) is 0 Å². The standard InChI is InChI=1S/C17H25NO2/c1-3-19-13-6-8-14(9-7-13)20-16-12-15(18-2)17(16)10-4-5-11-17/h6-9,15-16,18H,3-5,10-12H2,1-2H3. The average molecular weight is 275 g/mol. The van der Waals surface area contributed by atoms with Crippen LogP contribution in [0.4, 0.5) is 0 Å². The van der Waals surface area contributed by atoms with Gasteiger partial charge in [-0.05, 0) is 51.1 Å². The third-order valence-corrected chi connectivity index (χ3v) is 5.08. The van der Waals surface area contributed by atoms with Crippen molar-refractivity contribution in [2.75, 3.05) is 13.7 Å². The number of nitrogens with one attached hydrogen (secondary N) is 1. The second kappa shape index (κ2) is 5.65. The van der Waals surface area contributed by atoms with Crippen molar-refractivity contribution in [1.29, 1.82) is 0 Å². The van der Waals surface area contributed by atoms with Gasteiger partial charge in [0.15, 0.2) is 0 Å². The van der Waals surface area contributed by atoms with Crippen LogP contribution in [0.5, 0.6) is 11.5 Å². The second-order valence-electron chi connectivity index (χ2n) is 6.03. The molecule has 1 N–H and O–H groups in total. The molecule has 3 nitrogen and oxygen atoms in total. The summed E-state index contributed by atoms with van der Waals surface area (Å²) >= 11 is 0. The van der Waals surface area contributed by atoms with Gasteiger partial charge in [0.25, 0.3) is 0 Å². The fraction of sp³-hybridized carbons (Fsp3) is 0.647. The van der Waals surface area contributed by atoms with Gasteiger partial charge in [0, 0.05) is 17.9 Å². The smallest absolute Gasteiger partial charge is 0.120 e. The molecule has 20 heavy (non-hydrogen) atoms. The van der Waals surface area contributed by atoms with Crippen LogP contribution in [0, 0.1) is 5.41 Å². The first-order valence-corrected chi connectivity index (χ1v) is 7.85. The SMILES string of the molecule is CCOc1ccc(OC2CC(NC)C23CCCC3)cc1. The van der Waals surface area contributed by atoms with E-state index in [2.05, 4.69) is 12.4 Å². The Hall–Kier alpha value is -1.22. The van der Waals surface area contributed by atoms with E-state index in [0.717, 1.165) is 17.9 Å². The van der Waals surface area contributed by atoms with Crippen LogP contribution in [0.1, 0.15) is 39.0 Å². The van der Waals surface area contributed by atoms with E-state index in [1.165, 1.54) is 25.7 Å². The summed E-state index contributed by atoms with van der Waals surface area (Å²) in [5, 5.41) is 3.48. The highest BCUT2D eigenvalue weighted by atomic mass is 16.5. The Morgan fingerprint density at radius 3 is 2.40 bits per heavy atom. The Morgan fingerprint density at radius 2 is 1.80 bits per heavy atom. The van der Waals surface area contributed by atoms with Crippen LogP contribution in [-0.4, -0.2) is 25.8 Å². The first-order chi connectivity index (χ1) is 9.78. The lowest BCUT2D eigenvalue weighted by molar-refractivity contribution is -0.0736. The van der Waals surface area contributed by atoms with Crippen molar-refractivity contribution in [3.63, 3.8) is 0 Å². The quantitative estimate of drug-likeness (QED) is 0.893. The summed E-state index contributed by atoms with van der Waals surface area (Å²) in [5.41, 5.74) is 0.382. The highest BCUT2D eigenvalue weighted by molar-refractivity contribution is 5.32. The lowest BCUT2D eigenvalue weighted by atomic mass is 9.60. The monoisotopic (exact) mass is 275 g/mol. The highest BCUT2D eigenvalue weighted by Gasteiger charge is 2.56. The molecule has 2 aliphatic carbocycles. The van der Waals surface area contributed by atoms with Gasteiger partial charge in [-0.25, -0.2) is 0 Å². The van der Waals surface area contributed by atoms with Crippen molar-refractivity contribution in [2.24, 2.45) is 5.41 Å². The minimum atomic E-state index is 0.375. The zero-order chi connectivity index (χ0) is 14.0. The lowest BCUT2D eigenvalue weighted by Crippen LogP contribution is -2.63. The van der Waals surface area contributed by atoms with E-state index < -0.39 is 0 Å². The summed E-state index contributed by atoms with van der Waals surface area (Å²) in [6, 6.07) is 8.68. The maximum Gasteiger partial charge on any atom is 0.120 e. The molecule has 110 valence electrons. The van der Waals surface area contributed by atoms with Gasteiger partial charge in [-0.3, -0.25) is 0 Å². The lowest BCUT2D eigenvalue weighted by Gasteiger charge is -2.53. The third-order valence-electron chi connectivity index (χ3n) is 5.08. The van der Waals surface area contributed by atoms with Gasteiger partial charge in [-0.15, -0.1) is 0 Å². The fourth-order valence-corrected chi connectivity index (χ4v) is 3.97. The van der Waals surface area contributed by atoms with Gasteiger partial charge in [0.05, 0.1) is 6.61 Å². The van der Waals surface area contributed by atoms with Crippen molar-refractivity contribution in [2.45, 2.75) is 51.2 Å². The third kappa shape index (κ3) is 2.28. The van der Waals surface area contributed by atoms with Gasteiger partial charge in [0.2, 0.25) is 0 Å². The molecule has 0 saturated heterocycles. The molecule has 0 amide bonds. The molecular weight excluding hydrogens is 250 g/mol. The molecule has 0 heterocycles. The highest BCUT2D eigenvalue weighted by Crippen LogP contribution is 2.54. The second-order valence-corrected chi connectivity index (χ2v) is 6.03. The molecular formula is C17H25NO2. The predicted molar refractivity (Wildman–Crippen MR) is 80.4 cm³/mol. The van der Waals surface area contributed by atoms with E-state index in [9.17, 15) is 0 Å². The predicted octanol–water partition coefficient (Wildman–Crippen LogP) is 3.38. The number of benzene rings is 1. The topological polar surface area (TPSA) is 30.5 Å². The zero-order valence-corrected chi connectivity index (χ0v) is 12.5. The number of rotatable bonds is 5. The van der Waals surface area contributed by atoms with E-state index in [1.54, 1.807) is 0 Å². The van der Waals surface area contributed by atoms with Gasteiger partial charge < -0.3 is 14.8 Å². The molecule has 2 saturated carbocycles. The van der Waals surface area contributed by atoms with Crippen LogP contribution in [0.25, 0.3) is 0 Å². The molecule has 0 radical (unpaired) electrons. The summed E-state index contributed by atoms with van der Waals surface area (Å²) in [5.74, 6) is 1.89. The molecule has 0 aliphatic heterocycles. The normalized spacial score (nSPS) is 27.3. The minimum absolute atomic E-state index is 0.375. The van der Waals surface area contributed by atoms with Crippen molar-refractivity contribution >= 4 is 0 Å². The Labute approximate surface area is 121 Å². The minimum Gasteiger partial charge on any atom is -0.494 e. The Balaban J connectivity index is 1.66. The summed E-state index contributed by atoms with van der Waals surface area (Å²) in [7, 11) is 2.08. The molecule has 1 aromatic rings. The molecule has 3 heteroatoms. The van der Waals surface area contributed by atoms with Crippen LogP contribution in [-0.2, 0) is 0 Å². The van der Waals surface area contributed by atoms with Crippen LogP contribution in [0.15, 0.2) is 24.3 Å². The molecule has 0 bridgehead atoms. The van der Waals surface area contributed by atoms with Crippen molar-refractivity contribution in [1.82, 2.24) is 5.32 Å². The van der Waals surface area contributed by atoms with Crippen LogP contribution in [0.3, 0.4) is 0 Å². The van der Waals surface area contributed by atoms with E-state index >= 15 is 0 Å². The van der Waals surface area contributed by atoms with Gasteiger partial charge in [-0.1, -0.05) is 12.8 Å². The van der Waals surface area contributed by atoms with E-state index in [0.29, 0.717) is 24.2 Å². The van der Waals surface area contributed by atoms with Gasteiger partial charge in [-0.2, -0.15) is 0 Å². The molecule has 2 fully saturated rings. The Kier molecular flexibility index (Phi) is 3.88. The Bertz CT molecular complexity index is 437. The molecule has 2 unspecified atom stereocenters. The maximum atomic E-state index is 6.26. The van der Waals surface area contributed by atoms with Crippen LogP contribution in [0.2, 0.25) is 0 Å². The van der Waals surface area contributed by atoms with Crippen LogP contribution >= 0.6 is 0 Å².